The lowest BCUT2D eigenvalue weighted by atomic mass is 10.4. The minimum Gasteiger partial charge on any atom is -0.369 e. The van der Waals surface area contributed by atoms with Crippen LogP contribution in [0.25, 0.3) is 0 Å². The van der Waals surface area contributed by atoms with E-state index in [-0.39, 0.29) is 5.91 Å². The van der Waals surface area contributed by atoms with E-state index in [1.807, 2.05) is 6.92 Å². The van der Waals surface area contributed by atoms with Crippen LogP contribution < -0.4 is 10.6 Å². The molecule has 0 atom stereocenters. The Kier molecular flexibility index (Phi) is 4.40. The number of hydrogen-bond acceptors (Lipinski definition) is 4. The molecule has 76 valence electrons. The Bertz CT molecular complexity index is 275. The van der Waals surface area contributed by atoms with E-state index in [0.717, 1.165) is 5.82 Å². The van der Waals surface area contributed by atoms with E-state index in [1.165, 1.54) is 6.33 Å². The summed E-state index contributed by atoms with van der Waals surface area (Å²) in [6.07, 6.45) is 3.58. The first-order valence-corrected chi connectivity index (χ1v) is 4.59. The third-order valence-corrected chi connectivity index (χ3v) is 1.61. The molecule has 1 aromatic heterocycles. The first-order valence-electron chi connectivity index (χ1n) is 4.59. The number of amides is 1. The van der Waals surface area contributed by atoms with Crippen LogP contribution in [0.3, 0.4) is 0 Å². The Morgan fingerprint density at radius 1 is 1.57 bits per heavy atom. The number of hydrogen-bond donors (Lipinski definition) is 2. The van der Waals surface area contributed by atoms with Gasteiger partial charge in [0.1, 0.15) is 12.1 Å². The summed E-state index contributed by atoms with van der Waals surface area (Å²) in [5.41, 5.74) is 0. The molecule has 5 heteroatoms. The van der Waals surface area contributed by atoms with Crippen LogP contribution in [0.1, 0.15) is 13.3 Å². The smallest absolute Gasteiger partial charge is 0.221 e. The molecule has 0 radical (unpaired) electrons. The Labute approximate surface area is 83.0 Å². The average molecular weight is 194 g/mol. The summed E-state index contributed by atoms with van der Waals surface area (Å²) in [5.74, 6) is 0.790. The fraction of sp³-hybridized carbons (Fsp3) is 0.444. The molecule has 1 heterocycles. The molecule has 0 aliphatic heterocycles. The zero-order valence-corrected chi connectivity index (χ0v) is 8.16. The molecular formula is C9H14N4O. The number of nitrogens with one attached hydrogen (secondary N) is 2. The van der Waals surface area contributed by atoms with Gasteiger partial charge in [0, 0.05) is 25.7 Å². The van der Waals surface area contributed by atoms with Crippen LogP contribution in [-0.4, -0.2) is 29.0 Å². The third kappa shape index (κ3) is 3.84. The summed E-state index contributed by atoms with van der Waals surface area (Å²) in [6, 6.07) is 1.76. The molecule has 0 spiro atoms. The van der Waals surface area contributed by atoms with E-state index in [4.69, 9.17) is 0 Å². The maximum atomic E-state index is 11.0. The third-order valence-electron chi connectivity index (χ3n) is 1.61. The van der Waals surface area contributed by atoms with Gasteiger partial charge in [0.05, 0.1) is 0 Å². The normalized spacial score (nSPS) is 9.50. The Morgan fingerprint density at radius 3 is 3.07 bits per heavy atom. The van der Waals surface area contributed by atoms with Gasteiger partial charge in [-0.3, -0.25) is 4.79 Å². The fourth-order valence-electron chi connectivity index (χ4n) is 0.985. The molecule has 0 unspecified atom stereocenters. The van der Waals surface area contributed by atoms with Crippen molar-refractivity contribution in [3.8, 4) is 0 Å². The predicted octanol–water partition coefficient (Wildman–Crippen LogP) is 0.415. The second-order valence-corrected chi connectivity index (χ2v) is 2.72. The zero-order chi connectivity index (χ0) is 10.2. The van der Waals surface area contributed by atoms with Crippen molar-refractivity contribution in [3.05, 3.63) is 18.6 Å². The van der Waals surface area contributed by atoms with Gasteiger partial charge in [0.15, 0.2) is 0 Å². The lowest BCUT2D eigenvalue weighted by Crippen LogP contribution is -2.24. The number of carbonyl (C=O) groups is 1. The van der Waals surface area contributed by atoms with Crippen molar-refractivity contribution in [3.63, 3.8) is 0 Å². The van der Waals surface area contributed by atoms with E-state index in [9.17, 15) is 4.79 Å². The average Bonchev–Trinajstić information content (AvgIpc) is 2.20. The Balaban J connectivity index is 2.19. The minimum absolute atomic E-state index is 0.0501. The van der Waals surface area contributed by atoms with Crippen molar-refractivity contribution in [1.82, 2.24) is 15.3 Å². The molecule has 5 nitrogen and oxygen atoms in total. The van der Waals surface area contributed by atoms with Crippen LogP contribution in [0.15, 0.2) is 18.6 Å². The SMILES string of the molecule is CCNC(=O)CCNc1ccncn1. The summed E-state index contributed by atoms with van der Waals surface area (Å²) in [5, 5.41) is 5.74. The van der Waals surface area contributed by atoms with Gasteiger partial charge in [-0.1, -0.05) is 0 Å². The van der Waals surface area contributed by atoms with Gasteiger partial charge >= 0.3 is 0 Å². The first kappa shape index (κ1) is 10.4. The van der Waals surface area contributed by atoms with Crippen molar-refractivity contribution >= 4 is 11.7 Å². The molecule has 14 heavy (non-hydrogen) atoms. The predicted molar refractivity (Wildman–Crippen MR) is 53.8 cm³/mol. The van der Waals surface area contributed by atoms with E-state index in [2.05, 4.69) is 20.6 Å². The second-order valence-electron chi connectivity index (χ2n) is 2.72. The maximum absolute atomic E-state index is 11.0. The van der Waals surface area contributed by atoms with Gasteiger partial charge in [-0.2, -0.15) is 0 Å². The molecule has 0 aliphatic carbocycles. The molecule has 2 N–H and O–H groups in total. The van der Waals surface area contributed by atoms with Crippen molar-refractivity contribution in [1.29, 1.82) is 0 Å². The van der Waals surface area contributed by atoms with Crippen molar-refractivity contribution < 1.29 is 4.79 Å². The number of aromatic nitrogens is 2. The van der Waals surface area contributed by atoms with Crippen LogP contribution in [0.2, 0.25) is 0 Å². The zero-order valence-electron chi connectivity index (χ0n) is 8.16. The Hall–Kier alpha value is -1.65. The number of nitrogens with zero attached hydrogens (tertiary/aromatic N) is 2. The molecule has 0 bridgehead atoms. The summed E-state index contributed by atoms with van der Waals surface area (Å²) in [7, 11) is 0. The maximum Gasteiger partial charge on any atom is 0.221 e. The molecule has 0 fully saturated rings. The number of carbonyl (C=O) groups excluding carboxylic acids is 1. The van der Waals surface area contributed by atoms with Crippen LogP contribution in [-0.2, 0) is 4.79 Å². The highest BCUT2D eigenvalue weighted by molar-refractivity contribution is 5.76. The highest BCUT2D eigenvalue weighted by Gasteiger charge is 1.98. The highest BCUT2D eigenvalue weighted by atomic mass is 16.1. The van der Waals surface area contributed by atoms with Gasteiger partial charge in [-0.15, -0.1) is 0 Å². The fourth-order valence-corrected chi connectivity index (χ4v) is 0.985. The van der Waals surface area contributed by atoms with Crippen molar-refractivity contribution in [2.24, 2.45) is 0 Å². The van der Waals surface area contributed by atoms with Crippen LogP contribution in [0.5, 0.6) is 0 Å². The largest absolute Gasteiger partial charge is 0.369 e. The summed E-state index contributed by atoms with van der Waals surface area (Å²) in [4.78, 5) is 18.8. The van der Waals surface area contributed by atoms with Crippen LogP contribution in [0.4, 0.5) is 5.82 Å². The van der Waals surface area contributed by atoms with Gasteiger partial charge in [0.2, 0.25) is 5.91 Å². The van der Waals surface area contributed by atoms with Gasteiger partial charge < -0.3 is 10.6 Å². The lowest BCUT2D eigenvalue weighted by molar-refractivity contribution is -0.120. The molecule has 1 aromatic rings. The van der Waals surface area contributed by atoms with Gasteiger partial charge in [0.25, 0.3) is 0 Å². The summed E-state index contributed by atoms with van der Waals surface area (Å²) >= 11 is 0. The minimum atomic E-state index is 0.0501. The summed E-state index contributed by atoms with van der Waals surface area (Å²) < 4.78 is 0. The quantitative estimate of drug-likeness (QED) is 0.712. The molecule has 1 rings (SSSR count). The first-order chi connectivity index (χ1) is 6.83. The van der Waals surface area contributed by atoms with Crippen LogP contribution >= 0.6 is 0 Å². The molecule has 0 saturated heterocycles. The number of anilines is 1. The lowest BCUT2D eigenvalue weighted by Gasteiger charge is -2.04. The molecular weight excluding hydrogens is 180 g/mol. The van der Waals surface area contributed by atoms with E-state index >= 15 is 0 Å². The highest BCUT2D eigenvalue weighted by Crippen LogP contribution is 1.97. The van der Waals surface area contributed by atoms with Gasteiger partial charge in [-0.25, -0.2) is 9.97 Å². The standard InChI is InChI=1S/C9H14N4O/c1-2-11-9(14)4-6-12-8-3-5-10-7-13-8/h3,5,7H,2,4,6H2,1H3,(H,11,14)(H,10,12,13). The Morgan fingerprint density at radius 2 is 2.43 bits per heavy atom. The molecule has 1 amide bonds. The topological polar surface area (TPSA) is 66.9 Å². The van der Waals surface area contributed by atoms with Crippen molar-refractivity contribution in [2.45, 2.75) is 13.3 Å². The molecule has 0 saturated carbocycles. The van der Waals surface area contributed by atoms with Gasteiger partial charge in [-0.05, 0) is 13.0 Å². The van der Waals surface area contributed by atoms with Crippen molar-refractivity contribution in [2.75, 3.05) is 18.4 Å². The van der Waals surface area contributed by atoms with E-state index < -0.39 is 0 Å². The number of rotatable bonds is 5. The van der Waals surface area contributed by atoms with Crippen LogP contribution in [0, 0.1) is 0 Å². The molecule has 0 aliphatic rings. The van der Waals surface area contributed by atoms with E-state index in [1.54, 1.807) is 12.3 Å². The monoisotopic (exact) mass is 194 g/mol. The second kappa shape index (κ2) is 5.90. The molecule has 0 aromatic carbocycles. The van der Waals surface area contributed by atoms with E-state index in [0.29, 0.717) is 19.5 Å². The summed E-state index contributed by atoms with van der Waals surface area (Å²) in [6.45, 7) is 3.16.